The quantitative estimate of drug-likeness (QED) is 0.409. The zero-order valence-electron chi connectivity index (χ0n) is 20.4. The molecular formula is C24H26F3N3O5S2. The molecule has 1 saturated heterocycles. The monoisotopic (exact) mass is 557 g/mol. The van der Waals surface area contributed by atoms with Crippen LogP contribution in [0.15, 0.2) is 46.7 Å². The Morgan fingerprint density at radius 1 is 0.973 bits per heavy atom. The molecule has 0 spiro atoms. The lowest BCUT2D eigenvalue weighted by Crippen LogP contribution is -2.48. The standard InChI is InChI=1S/C24H26F3N3O5S2/c1-33-20-12-16(13-21(34-2)22(20)35-3)11-18-15-36-23(28-18)29-7-9-30(10-8-29)37(31,32)19-6-4-5-17(14-19)24(25,26)27/h4-6,12-15H,7-11H2,1-3H3. The van der Waals surface area contributed by atoms with Crippen molar-refractivity contribution in [2.75, 3.05) is 52.4 Å². The van der Waals surface area contributed by atoms with Gasteiger partial charge in [0, 0.05) is 38.0 Å². The number of thiazole rings is 1. The van der Waals surface area contributed by atoms with E-state index in [1.165, 1.54) is 28.8 Å². The van der Waals surface area contributed by atoms with E-state index in [4.69, 9.17) is 19.2 Å². The minimum atomic E-state index is -4.62. The zero-order valence-corrected chi connectivity index (χ0v) is 22.0. The summed E-state index contributed by atoms with van der Waals surface area (Å²) in [5, 5.41) is 2.68. The number of anilines is 1. The van der Waals surface area contributed by atoms with Gasteiger partial charge in [0.05, 0.1) is 37.5 Å². The number of piperazine rings is 1. The van der Waals surface area contributed by atoms with Gasteiger partial charge in [-0.3, -0.25) is 0 Å². The van der Waals surface area contributed by atoms with Crippen molar-refractivity contribution >= 4 is 26.5 Å². The molecule has 0 radical (unpaired) electrons. The van der Waals surface area contributed by atoms with E-state index in [0.29, 0.717) is 42.8 Å². The molecule has 1 aliphatic heterocycles. The van der Waals surface area contributed by atoms with E-state index in [-0.39, 0.29) is 18.0 Å². The fraction of sp³-hybridized carbons (Fsp3) is 0.375. The second-order valence-corrected chi connectivity index (χ2v) is 11.0. The van der Waals surface area contributed by atoms with Gasteiger partial charge in [0.1, 0.15) is 0 Å². The highest BCUT2D eigenvalue weighted by molar-refractivity contribution is 7.89. The van der Waals surface area contributed by atoms with Crippen LogP contribution in [0.25, 0.3) is 0 Å². The Morgan fingerprint density at radius 2 is 1.62 bits per heavy atom. The van der Waals surface area contributed by atoms with E-state index < -0.39 is 21.8 Å². The van der Waals surface area contributed by atoms with Crippen LogP contribution in [0.4, 0.5) is 18.3 Å². The minimum absolute atomic E-state index is 0.139. The van der Waals surface area contributed by atoms with Gasteiger partial charge in [-0.15, -0.1) is 11.3 Å². The third kappa shape index (κ3) is 5.78. The number of nitrogens with zero attached hydrogens (tertiary/aromatic N) is 3. The average Bonchev–Trinajstić information content (AvgIpc) is 3.36. The van der Waals surface area contributed by atoms with Crippen LogP contribution in [0.3, 0.4) is 0 Å². The van der Waals surface area contributed by atoms with Gasteiger partial charge in [0.15, 0.2) is 16.6 Å². The van der Waals surface area contributed by atoms with Crippen molar-refractivity contribution in [2.24, 2.45) is 0 Å². The Bertz CT molecular complexity index is 1330. The predicted molar refractivity (Wildman–Crippen MR) is 133 cm³/mol. The second-order valence-electron chi connectivity index (χ2n) is 8.25. The number of hydrogen-bond acceptors (Lipinski definition) is 8. The Balaban J connectivity index is 1.43. The highest BCUT2D eigenvalue weighted by Crippen LogP contribution is 2.39. The number of halogens is 3. The molecule has 13 heteroatoms. The molecule has 4 rings (SSSR count). The van der Waals surface area contributed by atoms with Gasteiger partial charge in [0.2, 0.25) is 15.8 Å². The lowest BCUT2D eigenvalue weighted by molar-refractivity contribution is -0.137. The fourth-order valence-corrected chi connectivity index (χ4v) is 6.42. The van der Waals surface area contributed by atoms with E-state index in [9.17, 15) is 21.6 Å². The number of rotatable bonds is 8. The van der Waals surface area contributed by atoms with Crippen LogP contribution in [0, 0.1) is 0 Å². The summed E-state index contributed by atoms with van der Waals surface area (Å²) in [6.07, 6.45) is -4.09. The second kappa shape index (κ2) is 10.8. The van der Waals surface area contributed by atoms with Crippen molar-refractivity contribution in [1.82, 2.24) is 9.29 Å². The molecule has 1 fully saturated rings. The summed E-state index contributed by atoms with van der Waals surface area (Å²) in [6, 6.07) is 7.55. The zero-order chi connectivity index (χ0) is 26.8. The highest BCUT2D eigenvalue weighted by atomic mass is 32.2. The molecule has 1 aromatic heterocycles. The Morgan fingerprint density at radius 3 is 2.19 bits per heavy atom. The summed E-state index contributed by atoms with van der Waals surface area (Å²) in [4.78, 5) is 6.32. The van der Waals surface area contributed by atoms with Crippen LogP contribution >= 0.6 is 11.3 Å². The third-order valence-electron chi connectivity index (χ3n) is 5.96. The average molecular weight is 558 g/mol. The Kier molecular flexibility index (Phi) is 7.85. The number of hydrogen-bond donors (Lipinski definition) is 0. The molecule has 0 bridgehead atoms. The SMILES string of the molecule is COc1cc(Cc2csc(N3CCN(S(=O)(=O)c4cccc(C(F)(F)F)c4)CC3)n2)cc(OC)c1OC. The maximum absolute atomic E-state index is 13.0. The molecule has 3 aromatic rings. The van der Waals surface area contributed by atoms with Gasteiger partial charge in [-0.25, -0.2) is 13.4 Å². The lowest BCUT2D eigenvalue weighted by Gasteiger charge is -2.33. The van der Waals surface area contributed by atoms with Crippen molar-refractivity contribution in [3.63, 3.8) is 0 Å². The number of ether oxygens (including phenoxy) is 3. The Hall–Kier alpha value is -3.03. The molecule has 1 aliphatic rings. The first-order chi connectivity index (χ1) is 17.6. The van der Waals surface area contributed by atoms with Gasteiger partial charge < -0.3 is 19.1 Å². The molecule has 0 atom stereocenters. The van der Waals surface area contributed by atoms with Gasteiger partial charge >= 0.3 is 6.18 Å². The van der Waals surface area contributed by atoms with Crippen molar-refractivity contribution in [3.8, 4) is 17.2 Å². The van der Waals surface area contributed by atoms with Gasteiger partial charge in [-0.1, -0.05) is 6.07 Å². The molecule has 8 nitrogen and oxygen atoms in total. The van der Waals surface area contributed by atoms with Crippen LogP contribution in [-0.2, 0) is 22.6 Å². The molecule has 37 heavy (non-hydrogen) atoms. The molecule has 2 aromatic carbocycles. The van der Waals surface area contributed by atoms with E-state index in [1.54, 1.807) is 14.2 Å². The summed E-state index contributed by atoms with van der Waals surface area (Å²) in [5.74, 6) is 1.60. The highest BCUT2D eigenvalue weighted by Gasteiger charge is 2.34. The van der Waals surface area contributed by atoms with Crippen molar-refractivity contribution in [1.29, 1.82) is 0 Å². The summed E-state index contributed by atoms with van der Waals surface area (Å²) in [6.45, 7) is 1.02. The third-order valence-corrected chi connectivity index (χ3v) is 8.80. The van der Waals surface area contributed by atoms with Gasteiger partial charge in [-0.05, 0) is 35.9 Å². The van der Waals surface area contributed by atoms with Crippen LogP contribution < -0.4 is 19.1 Å². The molecule has 0 saturated carbocycles. The first-order valence-corrected chi connectivity index (χ1v) is 13.5. The number of alkyl halides is 3. The van der Waals surface area contributed by atoms with Crippen LogP contribution in [0.1, 0.15) is 16.8 Å². The molecule has 0 unspecified atom stereocenters. The fourth-order valence-electron chi connectivity index (χ4n) is 4.07. The van der Waals surface area contributed by atoms with E-state index >= 15 is 0 Å². The first-order valence-electron chi connectivity index (χ1n) is 11.2. The van der Waals surface area contributed by atoms with Gasteiger partial charge in [0.25, 0.3) is 0 Å². The summed E-state index contributed by atoms with van der Waals surface area (Å²) >= 11 is 1.45. The molecule has 200 valence electrons. The van der Waals surface area contributed by atoms with Crippen LogP contribution in [-0.4, -0.2) is 65.2 Å². The van der Waals surface area contributed by atoms with Crippen molar-refractivity contribution < 1.29 is 35.8 Å². The molecule has 2 heterocycles. The van der Waals surface area contributed by atoms with Crippen LogP contribution in [0.5, 0.6) is 17.2 Å². The van der Waals surface area contributed by atoms with Gasteiger partial charge in [-0.2, -0.15) is 17.5 Å². The topological polar surface area (TPSA) is 81.2 Å². The molecular weight excluding hydrogens is 531 g/mol. The number of sulfonamides is 1. The number of methoxy groups -OCH3 is 3. The lowest BCUT2D eigenvalue weighted by atomic mass is 10.1. The van der Waals surface area contributed by atoms with Crippen LogP contribution in [0.2, 0.25) is 0 Å². The predicted octanol–water partition coefficient (Wildman–Crippen LogP) is 4.29. The molecule has 0 aliphatic carbocycles. The first kappa shape index (κ1) is 27.0. The Labute approximate surface area is 217 Å². The van der Waals surface area contributed by atoms with E-state index in [1.807, 2.05) is 22.4 Å². The molecule has 0 N–H and O–H groups in total. The summed E-state index contributed by atoms with van der Waals surface area (Å²) in [5.41, 5.74) is 0.756. The number of benzene rings is 2. The summed E-state index contributed by atoms with van der Waals surface area (Å²) in [7, 11) is 0.591. The summed E-state index contributed by atoms with van der Waals surface area (Å²) < 4.78 is 82.5. The largest absolute Gasteiger partial charge is 0.493 e. The van der Waals surface area contributed by atoms with Crippen molar-refractivity contribution in [3.05, 3.63) is 58.6 Å². The number of aromatic nitrogens is 1. The maximum atomic E-state index is 13.0. The van der Waals surface area contributed by atoms with E-state index in [2.05, 4.69) is 0 Å². The normalized spacial score (nSPS) is 15.0. The van der Waals surface area contributed by atoms with E-state index in [0.717, 1.165) is 28.5 Å². The maximum Gasteiger partial charge on any atom is 0.416 e. The smallest absolute Gasteiger partial charge is 0.416 e. The van der Waals surface area contributed by atoms with Crippen molar-refractivity contribution in [2.45, 2.75) is 17.5 Å². The minimum Gasteiger partial charge on any atom is -0.493 e. The molecule has 0 amide bonds.